The first-order chi connectivity index (χ1) is 13.1. The Kier molecular flexibility index (Phi) is 4.97. The van der Waals surface area contributed by atoms with Crippen molar-refractivity contribution in [2.75, 3.05) is 0 Å². The van der Waals surface area contributed by atoms with Crippen molar-refractivity contribution in [3.05, 3.63) is 87.4 Å². The molecule has 0 fully saturated rings. The predicted molar refractivity (Wildman–Crippen MR) is 116 cm³/mol. The average molecular weight is 392 g/mol. The topological polar surface area (TPSA) is 22.1 Å². The summed E-state index contributed by atoms with van der Waals surface area (Å²) in [6, 6.07) is 19.7. The lowest BCUT2D eigenvalue weighted by atomic mass is 10.1. The molecule has 0 saturated heterocycles. The standard InChI is InChI=1S/C23H18ClNOS/c1-15-12-21-22(13-16(15)2)27-23(25-21)11-6-17-4-3-5-20(14-17)26-19-9-7-18(24)8-10-19/h3-14H,1-2H3/b11-6+. The zero-order valence-corrected chi connectivity index (χ0v) is 16.6. The van der Waals surface area contributed by atoms with Crippen LogP contribution in [-0.2, 0) is 0 Å². The molecule has 0 atom stereocenters. The Balaban J connectivity index is 1.54. The van der Waals surface area contributed by atoms with E-state index in [1.807, 2.05) is 48.5 Å². The van der Waals surface area contributed by atoms with Crippen LogP contribution in [0.5, 0.6) is 11.5 Å². The van der Waals surface area contributed by atoms with Gasteiger partial charge >= 0.3 is 0 Å². The van der Waals surface area contributed by atoms with Crippen LogP contribution in [0.25, 0.3) is 22.4 Å². The number of halogens is 1. The minimum absolute atomic E-state index is 0.695. The number of aryl methyl sites for hydroxylation is 2. The fraction of sp³-hybridized carbons (Fsp3) is 0.0870. The number of benzene rings is 3. The van der Waals surface area contributed by atoms with Crippen LogP contribution in [0.1, 0.15) is 21.7 Å². The summed E-state index contributed by atoms with van der Waals surface area (Å²) in [5.74, 6) is 1.55. The summed E-state index contributed by atoms with van der Waals surface area (Å²) in [5, 5.41) is 1.69. The summed E-state index contributed by atoms with van der Waals surface area (Å²) in [7, 11) is 0. The van der Waals surface area contributed by atoms with E-state index in [0.29, 0.717) is 5.02 Å². The molecule has 27 heavy (non-hydrogen) atoms. The number of hydrogen-bond donors (Lipinski definition) is 0. The minimum Gasteiger partial charge on any atom is -0.457 e. The van der Waals surface area contributed by atoms with Crippen LogP contribution in [0.2, 0.25) is 5.02 Å². The maximum atomic E-state index is 5.92. The molecule has 4 rings (SSSR count). The summed E-state index contributed by atoms with van der Waals surface area (Å²) >= 11 is 7.62. The van der Waals surface area contributed by atoms with Crippen molar-refractivity contribution in [1.82, 2.24) is 4.98 Å². The normalized spacial score (nSPS) is 11.4. The van der Waals surface area contributed by atoms with E-state index in [9.17, 15) is 0 Å². The number of ether oxygens (including phenoxy) is 1. The first kappa shape index (κ1) is 17.8. The lowest BCUT2D eigenvalue weighted by Gasteiger charge is -2.06. The van der Waals surface area contributed by atoms with Crippen molar-refractivity contribution < 1.29 is 4.74 Å². The maximum Gasteiger partial charge on any atom is 0.128 e. The van der Waals surface area contributed by atoms with Gasteiger partial charge in [-0.3, -0.25) is 0 Å². The second-order valence-corrected chi connectivity index (χ2v) is 7.92. The number of nitrogens with zero attached hydrogens (tertiary/aromatic N) is 1. The monoisotopic (exact) mass is 391 g/mol. The molecule has 2 nitrogen and oxygen atoms in total. The number of rotatable bonds is 4. The van der Waals surface area contributed by atoms with Gasteiger partial charge in [0.25, 0.3) is 0 Å². The molecular weight excluding hydrogens is 374 g/mol. The fourth-order valence-electron chi connectivity index (χ4n) is 2.76. The first-order valence-electron chi connectivity index (χ1n) is 8.66. The van der Waals surface area contributed by atoms with E-state index in [-0.39, 0.29) is 0 Å². The largest absolute Gasteiger partial charge is 0.457 e. The smallest absolute Gasteiger partial charge is 0.128 e. The molecule has 1 heterocycles. The van der Waals surface area contributed by atoms with Crippen LogP contribution >= 0.6 is 22.9 Å². The van der Waals surface area contributed by atoms with Crippen molar-refractivity contribution in [3.8, 4) is 11.5 Å². The molecule has 0 saturated carbocycles. The molecule has 0 bridgehead atoms. The molecule has 0 amide bonds. The number of fused-ring (bicyclic) bond motifs is 1. The highest BCUT2D eigenvalue weighted by Gasteiger charge is 2.04. The fourth-order valence-corrected chi connectivity index (χ4v) is 3.83. The number of thiazole rings is 1. The Hall–Kier alpha value is -2.62. The van der Waals surface area contributed by atoms with E-state index in [1.165, 1.54) is 15.8 Å². The molecule has 0 N–H and O–H groups in total. The van der Waals surface area contributed by atoms with Crippen molar-refractivity contribution in [2.24, 2.45) is 0 Å². The maximum absolute atomic E-state index is 5.92. The van der Waals surface area contributed by atoms with Crippen molar-refractivity contribution >= 4 is 45.3 Å². The third kappa shape index (κ3) is 4.21. The predicted octanol–water partition coefficient (Wildman–Crippen LogP) is 7.53. The van der Waals surface area contributed by atoms with Gasteiger partial charge in [-0.2, -0.15) is 0 Å². The molecule has 0 aliphatic heterocycles. The molecule has 0 aliphatic rings. The van der Waals surface area contributed by atoms with Gasteiger partial charge in [-0.15, -0.1) is 11.3 Å². The van der Waals surface area contributed by atoms with E-state index >= 15 is 0 Å². The molecule has 0 spiro atoms. The molecule has 134 valence electrons. The zero-order valence-electron chi connectivity index (χ0n) is 15.1. The Labute approximate surface area is 167 Å². The number of aromatic nitrogens is 1. The molecule has 4 heteroatoms. The molecule has 1 aromatic heterocycles. The third-order valence-electron chi connectivity index (χ3n) is 4.35. The van der Waals surface area contributed by atoms with Gasteiger partial charge in [0, 0.05) is 5.02 Å². The minimum atomic E-state index is 0.695. The van der Waals surface area contributed by atoms with Crippen molar-refractivity contribution in [2.45, 2.75) is 13.8 Å². The number of hydrogen-bond acceptors (Lipinski definition) is 3. The van der Waals surface area contributed by atoms with E-state index in [2.05, 4.69) is 38.1 Å². The van der Waals surface area contributed by atoms with E-state index in [0.717, 1.165) is 27.6 Å². The lowest BCUT2D eigenvalue weighted by Crippen LogP contribution is -1.84. The lowest BCUT2D eigenvalue weighted by molar-refractivity contribution is 0.482. The quantitative estimate of drug-likeness (QED) is 0.358. The third-order valence-corrected chi connectivity index (χ3v) is 5.58. The van der Waals surface area contributed by atoms with E-state index < -0.39 is 0 Å². The van der Waals surface area contributed by atoms with Gasteiger partial charge in [0.15, 0.2) is 0 Å². The highest BCUT2D eigenvalue weighted by atomic mass is 35.5. The van der Waals surface area contributed by atoms with Crippen LogP contribution in [-0.4, -0.2) is 4.98 Å². The molecular formula is C23H18ClNOS. The van der Waals surface area contributed by atoms with Crippen molar-refractivity contribution in [1.29, 1.82) is 0 Å². The Morgan fingerprint density at radius 2 is 1.67 bits per heavy atom. The molecule has 0 aliphatic carbocycles. The average Bonchev–Trinajstić information content (AvgIpc) is 3.04. The summed E-state index contributed by atoms with van der Waals surface area (Å²) in [4.78, 5) is 4.72. The van der Waals surface area contributed by atoms with Gasteiger partial charge in [-0.1, -0.05) is 29.8 Å². The van der Waals surface area contributed by atoms with E-state index in [4.69, 9.17) is 21.3 Å². The summed E-state index contributed by atoms with van der Waals surface area (Å²) in [6.07, 6.45) is 4.11. The Morgan fingerprint density at radius 1 is 0.889 bits per heavy atom. The van der Waals surface area contributed by atoms with Gasteiger partial charge < -0.3 is 4.74 Å². The summed E-state index contributed by atoms with van der Waals surface area (Å²) < 4.78 is 7.11. The summed E-state index contributed by atoms with van der Waals surface area (Å²) in [6.45, 7) is 4.26. The van der Waals surface area contributed by atoms with Gasteiger partial charge in [0.05, 0.1) is 10.2 Å². The highest BCUT2D eigenvalue weighted by molar-refractivity contribution is 7.19. The molecule has 4 aromatic rings. The second-order valence-electron chi connectivity index (χ2n) is 6.42. The van der Waals surface area contributed by atoms with Crippen LogP contribution in [0, 0.1) is 13.8 Å². The van der Waals surface area contributed by atoms with Gasteiger partial charge in [0.2, 0.25) is 0 Å². The Bertz CT molecular complexity index is 1090. The first-order valence-corrected chi connectivity index (χ1v) is 9.86. The van der Waals surface area contributed by atoms with Crippen molar-refractivity contribution in [3.63, 3.8) is 0 Å². The SMILES string of the molecule is Cc1cc2nc(/C=C/c3cccc(Oc4ccc(Cl)cc4)c3)sc2cc1C. The van der Waals surface area contributed by atoms with Gasteiger partial charge in [0.1, 0.15) is 16.5 Å². The highest BCUT2D eigenvalue weighted by Crippen LogP contribution is 2.27. The molecule has 0 radical (unpaired) electrons. The van der Waals surface area contributed by atoms with Gasteiger partial charge in [-0.05, 0) is 85.1 Å². The second kappa shape index (κ2) is 7.55. The van der Waals surface area contributed by atoms with Gasteiger partial charge in [-0.25, -0.2) is 4.98 Å². The molecule has 0 unspecified atom stereocenters. The zero-order chi connectivity index (χ0) is 18.8. The van der Waals surface area contributed by atoms with Crippen LogP contribution in [0.3, 0.4) is 0 Å². The molecule has 3 aromatic carbocycles. The Morgan fingerprint density at radius 3 is 2.48 bits per heavy atom. The van der Waals surface area contributed by atoms with E-state index in [1.54, 1.807) is 11.3 Å². The van der Waals surface area contributed by atoms with Crippen LogP contribution in [0.4, 0.5) is 0 Å². The van der Waals surface area contributed by atoms with Crippen LogP contribution in [0.15, 0.2) is 60.7 Å². The summed E-state index contributed by atoms with van der Waals surface area (Å²) in [5.41, 5.74) is 4.69. The van der Waals surface area contributed by atoms with Crippen LogP contribution < -0.4 is 4.74 Å².